The Bertz CT molecular complexity index is 769. The first-order valence-corrected chi connectivity index (χ1v) is 10.1. The van der Waals surface area contributed by atoms with Gasteiger partial charge in [-0.1, -0.05) is 6.92 Å². The summed E-state index contributed by atoms with van der Waals surface area (Å²) in [6.45, 7) is 3.60. The Kier molecular flexibility index (Phi) is 6.85. The van der Waals surface area contributed by atoms with Gasteiger partial charge in [0.25, 0.3) is 11.8 Å². The summed E-state index contributed by atoms with van der Waals surface area (Å²) in [7, 11) is 0. The van der Waals surface area contributed by atoms with Crippen LogP contribution in [0.2, 0.25) is 0 Å². The molecule has 156 valence electrons. The first-order valence-electron chi connectivity index (χ1n) is 10.1. The molecule has 29 heavy (non-hydrogen) atoms. The van der Waals surface area contributed by atoms with Gasteiger partial charge in [-0.25, -0.2) is 0 Å². The van der Waals surface area contributed by atoms with Gasteiger partial charge >= 0.3 is 5.97 Å². The normalized spacial score (nSPS) is 17.3. The lowest BCUT2D eigenvalue weighted by Crippen LogP contribution is -2.41. The van der Waals surface area contributed by atoms with Gasteiger partial charge in [-0.05, 0) is 49.4 Å². The summed E-state index contributed by atoms with van der Waals surface area (Å²) in [5.41, 5.74) is 1.14. The fourth-order valence-corrected chi connectivity index (χ4v) is 3.51. The van der Waals surface area contributed by atoms with Gasteiger partial charge in [-0.3, -0.25) is 19.2 Å². The van der Waals surface area contributed by atoms with Crippen molar-refractivity contribution in [2.24, 2.45) is 5.92 Å². The highest BCUT2D eigenvalue weighted by Gasteiger charge is 2.22. The largest absolute Gasteiger partial charge is 0.454 e. The topological polar surface area (TPSA) is 96.0 Å². The Balaban J connectivity index is 1.40. The molecule has 8 heteroatoms. The molecule has 3 rings (SSSR count). The van der Waals surface area contributed by atoms with Crippen LogP contribution in [0.15, 0.2) is 24.3 Å². The molecule has 0 spiro atoms. The Morgan fingerprint density at radius 1 is 1.10 bits per heavy atom. The predicted octanol–water partition coefficient (Wildman–Crippen LogP) is 1.34. The average Bonchev–Trinajstić information content (AvgIpc) is 3.16. The number of anilines is 1. The zero-order chi connectivity index (χ0) is 20.8. The van der Waals surface area contributed by atoms with Crippen molar-refractivity contribution in [3.8, 4) is 0 Å². The van der Waals surface area contributed by atoms with E-state index in [-0.39, 0.29) is 25.0 Å². The number of ether oxygens (including phenoxy) is 1. The maximum Gasteiger partial charge on any atom is 0.325 e. The number of esters is 1. The van der Waals surface area contributed by atoms with Crippen molar-refractivity contribution < 1.29 is 23.9 Å². The molecule has 3 amide bonds. The third kappa shape index (κ3) is 5.56. The standard InChI is InChI=1S/C21H27N3O5/c1-15-8-11-23(12-9-15)19(26)14-29-20(27)13-22-21(28)16-4-6-17(7-5-16)24-10-2-3-18(24)25/h4-7,15H,2-3,8-14H2,1H3,(H,22,28). The van der Waals surface area contributed by atoms with Crippen LogP contribution in [0.1, 0.15) is 43.0 Å². The predicted molar refractivity (Wildman–Crippen MR) is 106 cm³/mol. The molecule has 0 atom stereocenters. The lowest BCUT2D eigenvalue weighted by Gasteiger charge is -2.30. The molecule has 2 aliphatic heterocycles. The van der Waals surface area contributed by atoms with Gasteiger partial charge in [0.15, 0.2) is 6.61 Å². The molecule has 2 heterocycles. The first-order chi connectivity index (χ1) is 13.9. The Morgan fingerprint density at radius 2 is 1.79 bits per heavy atom. The third-order valence-corrected chi connectivity index (χ3v) is 5.40. The molecule has 0 bridgehead atoms. The Morgan fingerprint density at radius 3 is 2.41 bits per heavy atom. The van der Waals surface area contributed by atoms with E-state index in [1.54, 1.807) is 34.1 Å². The molecule has 0 unspecified atom stereocenters. The number of carbonyl (C=O) groups is 4. The number of hydrogen-bond donors (Lipinski definition) is 1. The van der Waals surface area contributed by atoms with Gasteiger partial charge in [-0.15, -0.1) is 0 Å². The summed E-state index contributed by atoms with van der Waals surface area (Å²) >= 11 is 0. The summed E-state index contributed by atoms with van der Waals surface area (Å²) < 4.78 is 4.98. The number of nitrogens with zero attached hydrogens (tertiary/aromatic N) is 2. The molecule has 1 N–H and O–H groups in total. The first kappa shape index (κ1) is 20.8. The summed E-state index contributed by atoms with van der Waals surface area (Å²) in [6.07, 6.45) is 3.30. The second-order valence-electron chi connectivity index (χ2n) is 7.60. The van der Waals surface area contributed by atoms with Crippen LogP contribution in [0.3, 0.4) is 0 Å². The lowest BCUT2D eigenvalue weighted by atomic mass is 9.99. The summed E-state index contributed by atoms with van der Waals surface area (Å²) in [5.74, 6) is -0.585. The molecule has 0 aliphatic carbocycles. The quantitative estimate of drug-likeness (QED) is 0.726. The van der Waals surface area contributed by atoms with Crippen LogP contribution in [0.25, 0.3) is 0 Å². The smallest absolute Gasteiger partial charge is 0.325 e. The number of carbonyl (C=O) groups excluding carboxylic acids is 4. The molecule has 1 aromatic carbocycles. The van der Waals surface area contributed by atoms with E-state index in [4.69, 9.17) is 4.74 Å². The molecule has 2 fully saturated rings. The third-order valence-electron chi connectivity index (χ3n) is 5.40. The van der Waals surface area contributed by atoms with Gasteiger partial charge in [0.05, 0.1) is 0 Å². The maximum atomic E-state index is 12.2. The highest BCUT2D eigenvalue weighted by Crippen LogP contribution is 2.21. The average molecular weight is 401 g/mol. The van der Waals surface area contributed by atoms with Crippen molar-refractivity contribution in [1.29, 1.82) is 0 Å². The second kappa shape index (κ2) is 9.54. The van der Waals surface area contributed by atoms with Crippen molar-refractivity contribution in [3.63, 3.8) is 0 Å². The molecule has 0 radical (unpaired) electrons. The fourth-order valence-electron chi connectivity index (χ4n) is 3.51. The summed E-state index contributed by atoms with van der Waals surface area (Å²) in [4.78, 5) is 51.2. The Hall–Kier alpha value is -2.90. The minimum Gasteiger partial charge on any atom is -0.454 e. The van der Waals surface area contributed by atoms with Crippen LogP contribution in [0, 0.1) is 5.92 Å². The van der Waals surface area contributed by atoms with Crippen molar-refractivity contribution in [1.82, 2.24) is 10.2 Å². The van der Waals surface area contributed by atoms with E-state index in [2.05, 4.69) is 12.2 Å². The number of rotatable bonds is 6. The van der Waals surface area contributed by atoms with E-state index in [0.29, 0.717) is 37.5 Å². The van der Waals surface area contributed by atoms with Crippen molar-refractivity contribution >= 4 is 29.4 Å². The monoisotopic (exact) mass is 401 g/mol. The molecule has 0 saturated carbocycles. The van der Waals surface area contributed by atoms with E-state index in [1.807, 2.05) is 0 Å². The van der Waals surface area contributed by atoms with E-state index < -0.39 is 11.9 Å². The van der Waals surface area contributed by atoms with Gasteiger partial charge in [0.1, 0.15) is 6.54 Å². The highest BCUT2D eigenvalue weighted by atomic mass is 16.5. The van der Waals surface area contributed by atoms with Crippen LogP contribution >= 0.6 is 0 Å². The minimum atomic E-state index is -0.656. The Labute approximate surface area is 170 Å². The molecular formula is C21H27N3O5. The minimum absolute atomic E-state index is 0.0820. The number of benzene rings is 1. The summed E-state index contributed by atoms with van der Waals surface area (Å²) in [6, 6.07) is 6.66. The van der Waals surface area contributed by atoms with Crippen molar-refractivity contribution in [3.05, 3.63) is 29.8 Å². The molecule has 2 saturated heterocycles. The number of nitrogens with one attached hydrogen (secondary N) is 1. The van der Waals surface area contributed by atoms with Gasteiger partial charge in [0, 0.05) is 37.3 Å². The van der Waals surface area contributed by atoms with E-state index in [9.17, 15) is 19.2 Å². The number of hydrogen-bond acceptors (Lipinski definition) is 5. The van der Waals surface area contributed by atoms with Gasteiger partial charge in [0.2, 0.25) is 5.91 Å². The molecule has 0 aromatic heterocycles. The van der Waals surface area contributed by atoms with Gasteiger partial charge in [-0.2, -0.15) is 0 Å². The molecular weight excluding hydrogens is 374 g/mol. The lowest BCUT2D eigenvalue weighted by molar-refractivity contribution is -0.151. The maximum absolute atomic E-state index is 12.2. The number of amides is 3. The van der Waals surface area contributed by atoms with Gasteiger partial charge < -0.3 is 19.9 Å². The summed E-state index contributed by atoms with van der Waals surface area (Å²) in [5, 5.41) is 2.49. The zero-order valence-electron chi connectivity index (χ0n) is 16.7. The van der Waals surface area contributed by atoms with Crippen LogP contribution in [0.4, 0.5) is 5.69 Å². The fraction of sp³-hybridized carbons (Fsp3) is 0.524. The van der Waals surface area contributed by atoms with Crippen molar-refractivity contribution in [2.45, 2.75) is 32.6 Å². The highest BCUT2D eigenvalue weighted by molar-refractivity contribution is 5.98. The zero-order valence-corrected chi connectivity index (χ0v) is 16.7. The SMILES string of the molecule is CC1CCN(C(=O)COC(=O)CNC(=O)c2ccc(N3CCCC3=O)cc2)CC1. The van der Waals surface area contributed by atoms with Crippen LogP contribution in [-0.2, 0) is 19.1 Å². The van der Waals surface area contributed by atoms with E-state index >= 15 is 0 Å². The molecule has 8 nitrogen and oxygen atoms in total. The second-order valence-corrected chi connectivity index (χ2v) is 7.60. The van der Waals surface area contributed by atoms with E-state index in [0.717, 1.165) is 24.9 Å². The van der Waals surface area contributed by atoms with Crippen molar-refractivity contribution in [2.75, 3.05) is 37.7 Å². The van der Waals surface area contributed by atoms with Crippen LogP contribution in [-0.4, -0.2) is 61.4 Å². The number of likely N-dealkylation sites (tertiary alicyclic amines) is 1. The van der Waals surface area contributed by atoms with Crippen LogP contribution in [0.5, 0.6) is 0 Å². The van der Waals surface area contributed by atoms with E-state index in [1.165, 1.54) is 0 Å². The number of piperidine rings is 1. The molecule has 2 aliphatic rings. The van der Waals surface area contributed by atoms with Crippen LogP contribution < -0.4 is 10.2 Å². The molecule has 1 aromatic rings.